The second-order valence-corrected chi connectivity index (χ2v) is 8.83. The molecular weight excluding hydrogens is 466 g/mol. The van der Waals surface area contributed by atoms with Gasteiger partial charge in [-0.3, -0.25) is 4.79 Å². The fraction of sp³-hybridized carbons (Fsp3) is 0.391. The van der Waals surface area contributed by atoms with Gasteiger partial charge in [0.05, 0.1) is 5.92 Å². The maximum absolute atomic E-state index is 13.3. The zero-order valence-corrected chi connectivity index (χ0v) is 18.4. The number of carbonyl (C=O) groups is 3. The van der Waals surface area contributed by atoms with E-state index in [1.807, 2.05) is 0 Å². The van der Waals surface area contributed by atoms with Gasteiger partial charge in [0.1, 0.15) is 5.82 Å². The van der Waals surface area contributed by atoms with Crippen LogP contribution in [0.15, 0.2) is 36.5 Å². The van der Waals surface area contributed by atoms with E-state index in [2.05, 4.69) is 14.5 Å². The molecule has 0 bridgehead atoms. The van der Waals surface area contributed by atoms with Crippen molar-refractivity contribution in [3.63, 3.8) is 0 Å². The molecule has 3 aliphatic rings. The minimum absolute atomic E-state index is 0.0695. The number of aliphatic carboxylic acids is 1. The molecule has 3 N–H and O–H groups in total. The molecule has 3 atom stereocenters. The van der Waals surface area contributed by atoms with Crippen molar-refractivity contribution in [2.45, 2.75) is 37.5 Å². The van der Waals surface area contributed by atoms with Crippen LogP contribution in [0.25, 0.3) is 0 Å². The number of anilines is 1. The van der Waals surface area contributed by atoms with Crippen LogP contribution in [0.2, 0.25) is 0 Å². The van der Waals surface area contributed by atoms with Crippen molar-refractivity contribution in [2.24, 2.45) is 5.92 Å². The van der Waals surface area contributed by atoms with Crippen LogP contribution in [0.3, 0.4) is 0 Å². The molecule has 0 saturated carbocycles. The van der Waals surface area contributed by atoms with Gasteiger partial charge in [0, 0.05) is 25.2 Å². The molecule has 12 heteroatoms. The number of carboxylic acids is 1. The Bertz CT molecular complexity index is 1210. The summed E-state index contributed by atoms with van der Waals surface area (Å²) >= 11 is 0. The molecule has 5 rings (SSSR count). The monoisotopic (exact) mass is 488 g/mol. The van der Waals surface area contributed by atoms with Crippen LogP contribution in [0.1, 0.15) is 29.9 Å². The van der Waals surface area contributed by atoms with Crippen molar-refractivity contribution in [2.75, 3.05) is 18.8 Å². The molecule has 2 aromatic rings. The highest BCUT2D eigenvalue weighted by atomic mass is 19.3. The number of carboxylic acid groups (broad SMARTS) is 1. The molecule has 0 radical (unpaired) electrons. The lowest BCUT2D eigenvalue weighted by molar-refractivity contribution is -0.286. The van der Waals surface area contributed by atoms with Crippen LogP contribution in [-0.2, 0) is 16.0 Å². The predicted octanol–water partition coefficient (Wildman–Crippen LogP) is 2.44. The first-order chi connectivity index (χ1) is 16.6. The van der Waals surface area contributed by atoms with Gasteiger partial charge in [0.2, 0.25) is 5.91 Å². The maximum atomic E-state index is 13.3. The Kier molecular flexibility index (Phi) is 5.45. The number of ether oxygens (including phenoxy) is 2. The molecule has 2 fully saturated rings. The fourth-order valence-electron chi connectivity index (χ4n) is 4.91. The number of aromatic nitrogens is 1. The van der Waals surface area contributed by atoms with Crippen LogP contribution >= 0.6 is 0 Å². The first kappa shape index (κ1) is 22.8. The largest absolute Gasteiger partial charge is 0.586 e. The number of alkyl halides is 2. The number of nitrogens with zero attached hydrogens (tertiary/aromatic N) is 3. The zero-order valence-electron chi connectivity index (χ0n) is 18.4. The van der Waals surface area contributed by atoms with E-state index in [1.165, 1.54) is 23.2 Å². The molecule has 10 nitrogen and oxygen atoms in total. The third-order valence-corrected chi connectivity index (χ3v) is 6.56. The first-order valence-electron chi connectivity index (χ1n) is 11.1. The van der Waals surface area contributed by atoms with Crippen molar-refractivity contribution in [3.05, 3.63) is 47.7 Å². The number of imide groups is 1. The van der Waals surface area contributed by atoms with E-state index < -0.39 is 36.2 Å². The number of hydrogen-bond donors (Lipinski definition) is 2. The number of halogens is 2. The number of pyridine rings is 1. The average molecular weight is 488 g/mol. The number of rotatable bonds is 4. The van der Waals surface area contributed by atoms with E-state index in [0.29, 0.717) is 30.5 Å². The number of urea groups is 1. The molecule has 0 spiro atoms. The molecule has 2 unspecified atom stereocenters. The summed E-state index contributed by atoms with van der Waals surface area (Å²) in [7, 11) is 0. The molecule has 3 aliphatic heterocycles. The Morgan fingerprint density at radius 1 is 1.20 bits per heavy atom. The third kappa shape index (κ3) is 4.19. The summed E-state index contributed by atoms with van der Waals surface area (Å²) in [6.45, 7) is 0.552. The Labute approximate surface area is 198 Å². The van der Waals surface area contributed by atoms with Crippen LogP contribution < -0.4 is 15.2 Å². The molecule has 3 amide bonds. The molecule has 2 saturated heterocycles. The van der Waals surface area contributed by atoms with E-state index in [0.717, 1.165) is 4.90 Å². The number of benzene rings is 1. The van der Waals surface area contributed by atoms with E-state index in [9.17, 15) is 28.3 Å². The first-order valence-corrected chi connectivity index (χ1v) is 11.1. The summed E-state index contributed by atoms with van der Waals surface area (Å²) in [4.78, 5) is 44.1. The number of fused-ring (bicyclic) bond motifs is 1. The number of β-lactam (4-membered cyclic amide) rings is 1. The average Bonchev–Trinajstić information content (AvgIpc) is 3.13. The van der Waals surface area contributed by atoms with E-state index in [1.54, 1.807) is 18.2 Å². The highest BCUT2D eigenvalue weighted by molar-refractivity contribution is 6.07. The molecule has 1 aromatic carbocycles. The Morgan fingerprint density at radius 3 is 2.71 bits per heavy atom. The summed E-state index contributed by atoms with van der Waals surface area (Å²) in [5.74, 6) is -2.83. The normalized spacial score (nSPS) is 24.7. The van der Waals surface area contributed by atoms with Crippen molar-refractivity contribution < 1.29 is 37.7 Å². The highest BCUT2D eigenvalue weighted by Gasteiger charge is 2.55. The zero-order chi connectivity index (χ0) is 24.9. The molecule has 0 aliphatic carbocycles. The fourth-order valence-corrected chi connectivity index (χ4v) is 4.91. The molecule has 1 aromatic heterocycles. The molecule has 4 heterocycles. The van der Waals surface area contributed by atoms with Crippen molar-refractivity contribution in [3.8, 4) is 11.5 Å². The number of carbonyl (C=O) groups excluding carboxylic acids is 2. The van der Waals surface area contributed by atoms with Crippen molar-refractivity contribution >= 4 is 23.7 Å². The van der Waals surface area contributed by atoms with Crippen LogP contribution in [0, 0.1) is 5.92 Å². The van der Waals surface area contributed by atoms with Crippen molar-refractivity contribution in [1.29, 1.82) is 0 Å². The van der Waals surface area contributed by atoms with Gasteiger partial charge < -0.3 is 25.2 Å². The number of likely N-dealkylation sites (tertiary alicyclic amines) is 2. The van der Waals surface area contributed by atoms with Crippen LogP contribution in [0.4, 0.5) is 19.4 Å². The Hall–Kier alpha value is -3.96. The minimum Gasteiger partial charge on any atom is -0.480 e. The van der Waals surface area contributed by atoms with Gasteiger partial charge >= 0.3 is 18.3 Å². The maximum Gasteiger partial charge on any atom is 0.586 e. The van der Waals surface area contributed by atoms with Gasteiger partial charge in [-0.1, -0.05) is 6.07 Å². The standard InChI is InChI=1S/C23H22F2N4O6/c24-23(25)34-16-4-3-13(10-17(16)35-23)14-2-1-7-28(11-14)22(33)29-19(21(31)32)15(20(29)30)8-12-5-6-27-18(26)9-12/h3-6,9-10,14-15,19H,1-2,7-8,11H2,(H2,26,27)(H,31,32)/t14?,15?,19-/m0/s1. The van der Waals surface area contributed by atoms with E-state index in [-0.39, 0.29) is 36.2 Å². The van der Waals surface area contributed by atoms with Gasteiger partial charge in [-0.15, -0.1) is 8.78 Å². The molecule has 184 valence electrons. The smallest absolute Gasteiger partial charge is 0.480 e. The van der Waals surface area contributed by atoms with Gasteiger partial charge in [0.15, 0.2) is 17.5 Å². The van der Waals surface area contributed by atoms with Gasteiger partial charge in [0.25, 0.3) is 0 Å². The number of nitrogens with two attached hydrogens (primary N) is 1. The van der Waals surface area contributed by atoms with E-state index >= 15 is 0 Å². The summed E-state index contributed by atoms with van der Waals surface area (Å²) in [5, 5.41) is 9.74. The van der Waals surface area contributed by atoms with E-state index in [4.69, 9.17) is 5.73 Å². The number of amides is 3. The van der Waals surface area contributed by atoms with Gasteiger partial charge in [-0.2, -0.15) is 0 Å². The van der Waals surface area contributed by atoms with Crippen molar-refractivity contribution in [1.82, 2.24) is 14.8 Å². The predicted molar refractivity (Wildman–Crippen MR) is 116 cm³/mol. The SMILES string of the molecule is Nc1cc(CC2C(=O)N(C(=O)N3CCCC(c4ccc5c(c4)OC(F)(F)O5)C3)[C@@H]2C(=O)O)ccn1. The highest BCUT2D eigenvalue weighted by Crippen LogP contribution is 2.43. The lowest BCUT2D eigenvalue weighted by Crippen LogP contribution is -2.69. The van der Waals surface area contributed by atoms with Crippen LogP contribution in [-0.4, -0.2) is 63.2 Å². The summed E-state index contributed by atoms with van der Waals surface area (Å²) < 4.78 is 35.6. The second kappa shape index (κ2) is 8.36. The summed E-state index contributed by atoms with van der Waals surface area (Å²) in [6.07, 6.45) is -0.852. The third-order valence-electron chi connectivity index (χ3n) is 6.56. The Balaban J connectivity index is 1.29. The van der Waals surface area contributed by atoms with Crippen LogP contribution in [0.5, 0.6) is 11.5 Å². The molecular formula is C23H22F2N4O6. The lowest BCUT2D eigenvalue weighted by atomic mass is 9.82. The second-order valence-electron chi connectivity index (χ2n) is 8.83. The number of piperidine rings is 1. The Morgan fingerprint density at radius 2 is 1.97 bits per heavy atom. The van der Waals surface area contributed by atoms with Gasteiger partial charge in [-0.05, 0) is 54.7 Å². The number of nitrogen functional groups attached to an aromatic ring is 1. The summed E-state index contributed by atoms with van der Waals surface area (Å²) in [5.41, 5.74) is 7.00. The topological polar surface area (TPSA) is 135 Å². The minimum atomic E-state index is -3.72. The molecule has 35 heavy (non-hydrogen) atoms. The number of hydrogen-bond acceptors (Lipinski definition) is 7. The van der Waals surface area contributed by atoms with Gasteiger partial charge in [-0.25, -0.2) is 19.5 Å². The lowest BCUT2D eigenvalue weighted by Gasteiger charge is -2.46. The summed E-state index contributed by atoms with van der Waals surface area (Å²) in [6, 6.07) is 5.72. The quantitative estimate of drug-likeness (QED) is 0.627.